The summed E-state index contributed by atoms with van der Waals surface area (Å²) in [5.74, 6) is 4.57. The summed E-state index contributed by atoms with van der Waals surface area (Å²) in [7, 11) is 1.55. The number of nitrogens with two attached hydrogens (primary N) is 1. The fourth-order valence-corrected chi connectivity index (χ4v) is 2.42. The summed E-state index contributed by atoms with van der Waals surface area (Å²) in [5.41, 5.74) is 7.43. The molecule has 0 atom stereocenters. The highest BCUT2D eigenvalue weighted by Crippen LogP contribution is 2.25. The number of aryl methyl sites for hydroxylation is 1. The number of halogens is 1. The molecule has 0 unspecified atom stereocenters. The number of hydrogen-bond acceptors (Lipinski definition) is 5. The van der Waals surface area contributed by atoms with Gasteiger partial charge in [0.25, 0.3) is 5.91 Å². The lowest BCUT2D eigenvalue weighted by atomic mass is 10.1. The van der Waals surface area contributed by atoms with E-state index in [1.165, 1.54) is 12.1 Å². The average Bonchev–Trinajstić information content (AvgIpc) is 2.67. The third-order valence-corrected chi connectivity index (χ3v) is 3.88. The van der Waals surface area contributed by atoms with Crippen molar-refractivity contribution in [1.29, 1.82) is 0 Å². The zero-order chi connectivity index (χ0) is 20.5. The van der Waals surface area contributed by atoms with E-state index < -0.39 is 11.7 Å². The lowest BCUT2D eigenvalue weighted by molar-refractivity contribution is 0.102. The van der Waals surface area contributed by atoms with Gasteiger partial charge in [-0.2, -0.15) is 0 Å². The number of nitrogens with one attached hydrogen (secondary N) is 1. The van der Waals surface area contributed by atoms with Crippen LogP contribution >= 0.6 is 0 Å². The first-order valence-electron chi connectivity index (χ1n) is 8.91. The van der Waals surface area contributed by atoms with Crippen LogP contribution in [-0.2, 0) is 11.3 Å². The number of carbonyl (C=O) groups is 1. The second-order valence-corrected chi connectivity index (χ2v) is 6.08. The molecule has 0 aliphatic rings. The van der Waals surface area contributed by atoms with Gasteiger partial charge in [-0.15, -0.1) is 0 Å². The number of hydrogen-bond donors (Lipinski definition) is 2. The Kier molecular flexibility index (Phi) is 7.78. The summed E-state index contributed by atoms with van der Waals surface area (Å²) in [4.78, 5) is 16.7. The minimum atomic E-state index is -0.674. The summed E-state index contributed by atoms with van der Waals surface area (Å²) in [6.45, 7) is 4.18. The molecule has 0 radical (unpaired) electrons. The Labute approximate surface area is 164 Å². The number of rotatable bonds is 7. The van der Waals surface area contributed by atoms with Gasteiger partial charge in [0.05, 0.1) is 23.6 Å². The minimum Gasteiger partial charge on any atom is -0.478 e. The molecule has 7 heteroatoms. The van der Waals surface area contributed by atoms with Crippen molar-refractivity contribution in [2.75, 3.05) is 24.8 Å². The Morgan fingerprint density at radius 2 is 2.14 bits per heavy atom. The highest BCUT2D eigenvalue weighted by Gasteiger charge is 2.17. The molecule has 0 aliphatic carbocycles. The second kappa shape index (κ2) is 10.3. The van der Waals surface area contributed by atoms with Gasteiger partial charge >= 0.3 is 0 Å². The molecule has 0 saturated carbocycles. The van der Waals surface area contributed by atoms with Gasteiger partial charge in [-0.1, -0.05) is 24.8 Å². The van der Waals surface area contributed by atoms with Gasteiger partial charge < -0.3 is 20.5 Å². The molecule has 1 aromatic heterocycles. The van der Waals surface area contributed by atoms with Crippen molar-refractivity contribution in [2.24, 2.45) is 0 Å². The normalized spacial score (nSPS) is 10.1. The van der Waals surface area contributed by atoms with Crippen LogP contribution < -0.4 is 15.8 Å². The van der Waals surface area contributed by atoms with Crippen molar-refractivity contribution < 1.29 is 18.7 Å². The van der Waals surface area contributed by atoms with E-state index in [2.05, 4.69) is 22.1 Å². The first-order valence-corrected chi connectivity index (χ1v) is 8.91. The van der Waals surface area contributed by atoms with E-state index in [1.807, 2.05) is 6.92 Å². The van der Waals surface area contributed by atoms with E-state index in [0.717, 1.165) is 18.4 Å². The first-order chi connectivity index (χ1) is 13.5. The molecule has 3 N–H and O–H groups in total. The highest BCUT2D eigenvalue weighted by atomic mass is 19.1. The third-order valence-electron chi connectivity index (χ3n) is 3.88. The van der Waals surface area contributed by atoms with Crippen molar-refractivity contribution in [2.45, 2.75) is 33.3 Å². The van der Waals surface area contributed by atoms with Crippen LogP contribution in [0.2, 0.25) is 0 Å². The highest BCUT2D eigenvalue weighted by molar-refractivity contribution is 6.07. The van der Waals surface area contributed by atoms with Crippen LogP contribution in [0.1, 0.15) is 41.4 Å². The van der Waals surface area contributed by atoms with Gasteiger partial charge in [0.15, 0.2) is 11.6 Å². The summed E-state index contributed by atoms with van der Waals surface area (Å²) in [6.07, 6.45) is 1.72. The van der Waals surface area contributed by atoms with E-state index in [9.17, 15) is 9.18 Å². The quantitative estimate of drug-likeness (QED) is 0.710. The number of amides is 1. The fraction of sp³-hybridized carbons (Fsp3) is 0.333. The van der Waals surface area contributed by atoms with E-state index in [-0.39, 0.29) is 36.0 Å². The Balaban J connectivity index is 2.15. The second-order valence-electron chi connectivity index (χ2n) is 6.08. The Bertz CT molecular complexity index is 904. The zero-order valence-corrected chi connectivity index (χ0v) is 16.3. The van der Waals surface area contributed by atoms with Crippen LogP contribution in [0.25, 0.3) is 0 Å². The summed E-state index contributed by atoms with van der Waals surface area (Å²) in [5, 5.41) is 2.52. The number of nitrogens with zero attached hydrogens (tertiary/aromatic N) is 1. The average molecular weight is 385 g/mol. The number of anilines is 2. The molecule has 0 aliphatic heterocycles. The molecule has 1 aromatic carbocycles. The number of aromatic nitrogens is 1. The first kappa shape index (κ1) is 21.2. The van der Waals surface area contributed by atoms with Crippen LogP contribution in [0.3, 0.4) is 0 Å². The molecule has 6 nitrogen and oxygen atoms in total. The number of ether oxygens (including phenoxy) is 2. The van der Waals surface area contributed by atoms with E-state index in [4.69, 9.17) is 15.2 Å². The molecule has 0 spiro atoms. The van der Waals surface area contributed by atoms with Crippen molar-refractivity contribution >= 4 is 17.4 Å². The van der Waals surface area contributed by atoms with Gasteiger partial charge in [-0.25, -0.2) is 9.37 Å². The SMILES string of the molecule is CCCC#CCOc1cccc(NC(=O)c2cc(C)c(COC)nc2N)c1F. The van der Waals surface area contributed by atoms with Gasteiger partial charge in [-0.05, 0) is 37.1 Å². The molecule has 2 aromatic rings. The van der Waals surface area contributed by atoms with E-state index >= 15 is 0 Å². The Hall–Kier alpha value is -3.11. The number of benzene rings is 1. The monoisotopic (exact) mass is 385 g/mol. The number of unbranched alkanes of at least 4 members (excludes halogenated alkanes) is 1. The fourth-order valence-electron chi connectivity index (χ4n) is 2.42. The summed E-state index contributed by atoms with van der Waals surface area (Å²) < 4.78 is 25.0. The van der Waals surface area contributed by atoms with Crippen molar-refractivity contribution in [1.82, 2.24) is 4.98 Å². The molecule has 0 fully saturated rings. The van der Waals surface area contributed by atoms with Crippen molar-refractivity contribution in [3.05, 3.63) is 46.9 Å². The predicted molar refractivity (Wildman–Crippen MR) is 107 cm³/mol. The third kappa shape index (κ3) is 5.44. The standard InChI is InChI=1S/C21H24FN3O3/c1-4-5-6-7-11-28-18-10-8-9-16(19(18)22)25-21(26)15-12-14(2)17(13-27-3)24-20(15)23/h8-10,12H,4-5,11,13H2,1-3H3,(H2,23,24)(H,25,26). The molecule has 1 heterocycles. The molecule has 0 saturated heterocycles. The van der Waals surface area contributed by atoms with Crippen LogP contribution in [-0.4, -0.2) is 24.6 Å². The maximum Gasteiger partial charge on any atom is 0.259 e. The zero-order valence-electron chi connectivity index (χ0n) is 16.3. The molecule has 2 rings (SSSR count). The van der Waals surface area contributed by atoms with Gasteiger partial charge in [0, 0.05) is 13.5 Å². The smallest absolute Gasteiger partial charge is 0.259 e. The van der Waals surface area contributed by atoms with Crippen molar-refractivity contribution in [3.8, 4) is 17.6 Å². The van der Waals surface area contributed by atoms with Crippen LogP contribution in [0.15, 0.2) is 24.3 Å². The lowest BCUT2D eigenvalue weighted by Crippen LogP contribution is -2.17. The van der Waals surface area contributed by atoms with Gasteiger partial charge in [0.2, 0.25) is 0 Å². The van der Waals surface area contributed by atoms with Crippen LogP contribution in [0.4, 0.5) is 15.9 Å². The Morgan fingerprint density at radius 3 is 2.86 bits per heavy atom. The van der Waals surface area contributed by atoms with Crippen LogP contribution in [0, 0.1) is 24.6 Å². The topological polar surface area (TPSA) is 86.5 Å². The molecular weight excluding hydrogens is 361 g/mol. The molecule has 1 amide bonds. The summed E-state index contributed by atoms with van der Waals surface area (Å²) >= 11 is 0. The number of methoxy groups -OCH3 is 1. The number of pyridine rings is 1. The number of nitrogen functional groups attached to an aromatic ring is 1. The maximum atomic E-state index is 14.6. The lowest BCUT2D eigenvalue weighted by Gasteiger charge is -2.12. The molecule has 0 bridgehead atoms. The van der Waals surface area contributed by atoms with Gasteiger partial charge in [-0.3, -0.25) is 4.79 Å². The van der Waals surface area contributed by atoms with Crippen molar-refractivity contribution in [3.63, 3.8) is 0 Å². The predicted octanol–water partition coefficient (Wildman–Crippen LogP) is 3.69. The largest absolute Gasteiger partial charge is 0.478 e. The minimum absolute atomic E-state index is 0.0120. The van der Waals surface area contributed by atoms with Crippen LogP contribution in [0.5, 0.6) is 5.75 Å². The number of carbonyl (C=O) groups excluding carboxylic acids is 1. The maximum absolute atomic E-state index is 14.6. The Morgan fingerprint density at radius 1 is 1.36 bits per heavy atom. The van der Waals surface area contributed by atoms with E-state index in [0.29, 0.717) is 5.69 Å². The molecule has 28 heavy (non-hydrogen) atoms. The molecular formula is C21H24FN3O3. The summed E-state index contributed by atoms with van der Waals surface area (Å²) in [6, 6.07) is 6.11. The van der Waals surface area contributed by atoms with Gasteiger partial charge in [0.1, 0.15) is 12.4 Å². The molecule has 148 valence electrons. The van der Waals surface area contributed by atoms with E-state index in [1.54, 1.807) is 26.2 Å².